The molecule has 1 aromatic carbocycles. The van der Waals surface area contributed by atoms with Crippen molar-refractivity contribution in [3.05, 3.63) is 53.8 Å². The van der Waals surface area contributed by atoms with E-state index in [0.29, 0.717) is 5.75 Å². The first-order valence-corrected chi connectivity index (χ1v) is 8.02. The van der Waals surface area contributed by atoms with Gasteiger partial charge in [0.25, 0.3) is 0 Å². The molecule has 0 heterocycles. The SMILES string of the molecule is C=CC(C)(C)c1cc(C2=CCCC=C2OCOC)c(OC)cc1O. The highest BCUT2D eigenvalue weighted by Gasteiger charge is 2.25. The van der Waals surface area contributed by atoms with E-state index in [2.05, 4.69) is 18.7 Å². The second-order valence-corrected chi connectivity index (χ2v) is 6.31. The fourth-order valence-electron chi connectivity index (χ4n) is 2.73. The van der Waals surface area contributed by atoms with E-state index in [4.69, 9.17) is 14.2 Å². The molecule has 0 bridgehead atoms. The summed E-state index contributed by atoms with van der Waals surface area (Å²) in [6.07, 6.45) is 7.86. The highest BCUT2D eigenvalue weighted by Crippen LogP contribution is 2.42. The second-order valence-electron chi connectivity index (χ2n) is 6.31. The third-order valence-corrected chi connectivity index (χ3v) is 4.26. The van der Waals surface area contributed by atoms with Crippen LogP contribution in [0.1, 0.15) is 37.8 Å². The zero-order chi connectivity index (χ0) is 17.7. The molecule has 0 saturated heterocycles. The zero-order valence-corrected chi connectivity index (χ0v) is 14.9. The molecule has 0 aromatic heterocycles. The molecule has 0 atom stereocenters. The molecule has 1 aliphatic carbocycles. The molecular formula is C20H26O4. The van der Waals surface area contributed by atoms with Crippen molar-refractivity contribution in [2.45, 2.75) is 32.1 Å². The number of aromatic hydroxyl groups is 1. The monoisotopic (exact) mass is 330 g/mol. The topological polar surface area (TPSA) is 47.9 Å². The van der Waals surface area contributed by atoms with E-state index in [1.165, 1.54) is 0 Å². The average molecular weight is 330 g/mol. The standard InChI is InChI=1S/C20H26O4/c1-6-20(2,3)16-11-15(19(23-5)12-17(16)21)14-9-7-8-10-18(14)24-13-22-4/h6,9-12,21H,1,7-8,13H2,2-5H3. The molecule has 0 saturated carbocycles. The van der Waals surface area contributed by atoms with E-state index in [1.807, 2.05) is 26.0 Å². The molecule has 1 aromatic rings. The summed E-state index contributed by atoms with van der Waals surface area (Å²) in [7, 11) is 3.19. The predicted molar refractivity (Wildman–Crippen MR) is 96.1 cm³/mol. The van der Waals surface area contributed by atoms with Gasteiger partial charge in [0.1, 0.15) is 17.3 Å². The van der Waals surface area contributed by atoms with Crippen LogP contribution in [0.5, 0.6) is 11.5 Å². The van der Waals surface area contributed by atoms with E-state index < -0.39 is 0 Å². The normalized spacial score (nSPS) is 14.7. The minimum Gasteiger partial charge on any atom is -0.507 e. The minimum atomic E-state index is -0.363. The molecule has 0 fully saturated rings. The number of benzene rings is 1. The zero-order valence-electron chi connectivity index (χ0n) is 14.9. The predicted octanol–water partition coefficient (Wildman–Crippen LogP) is 4.55. The molecule has 0 amide bonds. The van der Waals surface area contributed by atoms with Gasteiger partial charge in [-0.2, -0.15) is 0 Å². The Bertz CT molecular complexity index is 668. The van der Waals surface area contributed by atoms with Gasteiger partial charge in [0.05, 0.1) is 7.11 Å². The lowest BCUT2D eigenvalue weighted by Gasteiger charge is -2.25. The van der Waals surface area contributed by atoms with Crippen molar-refractivity contribution in [2.75, 3.05) is 21.0 Å². The number of hydrogen-bond acceptors (Lipinski definition) is 4. The lowest BCUT2D eigenvalue weighted by Crippen LogP contribution is -2.14. The molecular weight excluding hydrogens is 304 g/mol. The summed E-state index contributed by atoms with van der Waals surface area (Å²) in [6, 6.07) is 3.61. The van der Waals surface area contributed by atoms with Crippen molar-refractivity contribution in [2.24, 2.45) is 0 Å². The fraction of sp³-hybridized carbons (Fsp3) is 0.400. The van der Waals surface area contributed by atoms with E-state index >= 15 is 0 Å². The highest BCUT2D eigenvalue weighted by molar-refractivity contribution is 5.82. The van der Waals surface area contributed by atoms with Crippen LogP contribution < -0.4 is 4.74 Å². The van der Waals surface area contributed by atoms with Crippen molar-refractivity contribution in [3.8, 4) is 11.5 Å². The molecule has 130 valence electrons. The Hall–Kier alpha value is -2.20. The Balaban J connectivity index is 2.55. The smallest absolute Gasteiger partial charge is 0.188 e. The van der Waals surface area contributed by atoms with Crippen molar-refractivity contribution < 1.29 is 19.3 Å². The number of hydrogen-bond donors (Lipinski definition) is 1. The van der Waals surface area contributed by atoms with Gasteiger partial charge in [0.2, 0.25) is 0 Å². The summed E-state index contributed by atoms with van der Waals surface area (Å²) in [5, 5.41) is 10.4. The summed E-state index contributed by atoms with van der Waals surface area (Å²) >= 11 is 0. The van der Waals surface area contributed by atoms with Gasteiger partial charge in [-0.1, -0.05) is 26.0 Å². The lowest BCUT2D eigenvalue weighted by molar-refractivity contribution is 0.0108. The van der Waals surface area contributed by atoms with Crippen molar-refractivity contribution in [1.29, 1.82) is 0 Å². The van der Waals surface area contributed by atoms with Crippen molar-refractivity contribution in [3.63, 3.8) is 0 Å². The quantitative estimate of drug-likeness (QED) is 0.589. The molecule has 0 unspecified atom stereocenters. The number of phenolic OH excluding ortho intramolecular Hbond substituents is 1. The van der Waals surface area contributed by atoms with Crippen LogP contribution in [0.3, 0.4) is 0 Å². The van der Waals surface area contributed by atoms with Crippen LogP contribution >= 0.6 is 0 Å². The van der Waals surface area contributed by atoms with Gasteiger partial charge < -0.3 is 19.3 Å². The first kappa shape index (κ1) is 18.1. The highest BCUT2D eigenvalue weighted by atomic mass is 16.7. The van der Waals surface area contributed by atoms with Gasteiger partial charge in [-0.25, -0.2) is 0 Å². The molecule has 0 radical (unpaired) electrons. The molecule has 1 aliphatic rings. The maximum absolute atomic E-state index is 10.4. The molecule has 4 heteroatoms. The number of phenols is 1. The van der Waals surface area contributed by atoms with Gasteiger partial charge in [-0.15, -0.1) is 6.58 Å². The third kappa shape index (κ3) is 3.65. The van der Waals surface area contributed by atoms with E-state index in [-0.39, 0.29) is 18.0 Å². The maximum Gasteiger partial charge on any atom is 0.188 e. The van der Waals surface area contributed by atoms with E-state index in [1.54, 1.807) is 20.3 Å². The molecule has 4 nitrogen and oxygen atoms in total. The van der Waals surface area contributed by atoms with Crippen LogP contribution in [0.25, 0.3) is 5.57 Å². The number of ether oxygens (including phenoxy) is 3. The van der Waals surface area contributed by atoms with Crippen LogP contribution in [0, 0.1) is 0 Å². The van der Waals surface area contributed by atoms with Crippen molar-refractivity contribution >= 4 is 5.57 Å². The van der Waals surface area contributed by atoms with Gasteiger partial charge in [-0.05, 0) is 25.0 Å². The lowest BCUT2D eigenvalue weighted by atomic mass is 9.82. The molecule has 24 heavy (non-hydrogen) atoms. The Morgan fingerprint density at radius 2 is 1.92 bits per heavy atom. The summed E-state index contributed by atoms with van der Waals surface area (Å²) in [4.78, 5) is 0. The van der Waals surface area contributed by atoms with E-state index in [0.717, 1.165) is 35.3 Å². The number of rotatable bonds is 7. The van der Waals surface area contributed by atoms with E-state index in [9.17, 15) is 5.11 Å². The molecule has 2 rings (SSSR count). The van der Waals surface area contributed by atoms with Crippen LogP contribution in [0.15, 0.2) is 42.7 Å². The number of allylic oxidation sites excluding steroid dienone is 4. The Kier molecular flexibility index (Phi) is 5.73. The summed E-state index contributed by atoms with van der Waals surface area (Å²) in [5.74, 6) is 1.57. The van der Waals surface area contributed by atoms with Crippen molar-refractivity contribution in [1.82, 2.24) is 0 Å². The third-order valence-electron chi connectivity index (χ3n) is 4.26. The summed E-state index contributed by atoms with van der Waals surface area (Å²) < 4.78 is 16.2. The molecule has 0 spiro atoms. The van der Waals surface area contributed by atoms with Crippen LogP contribution in [-0.4, -0.2) is 26.1 Å². The first-order chi connectivity index (χ1) is 11.4. The van der Waals surface area contributed by atoms with Crippen LogP contribution in [-0.2, 0) is 14.9 Å². The van der Waals surface area contributed by atoms with Gasteiger partial charge in [0, 0.05) is 35.3 Å². The number of methoxy groups -OCH3 is 2. The molecule has 0 aliphatic heterocycles. The second kappa shape index (κ2) is 7.58. The minimum absolute atomic E-state index is 0.189. The molecule has 1 N–H and O–H groups in total. The van der Waals surface area contributed by atoms with Gasteiger partial charge in [-0.3, -0.25) is 0 Å². The average Bonchev–Trinajstić information content (AvgIpc) is 2.59. The van der Waals surface area contributed by atoms with Gasteiger partial charge in [0.15, 0.2) is 6.79 Å². The maximum atomic E-state index is 10.4. The summed E-state index contributed by atoms with van der Waals surface area (Å²) in [5.41, 5.74) is 2.28. The van der Waals surface area contributed by atoms with Crippen LogP contribution in [0.4, 0.5) is 0 Å². The van der Waals surface area contributed by atoms with Crippen LogP contribution in [0.2, 0.25) is 0 Å². The largest absolute Gasteiger partial charge is 0.507 e. The Labute approximate surface area is 144 Å². The first-order valence-electron chi connectivity index (χ1n) is 8.02. The van der Waals surface area contributed by atoms with Gasteiger partial charge >= 0.3 is 0 Å². The Morgan fingerprint density at radius 3 is 2.54 bits per heavy atom. The summed E-state index contributed by atoms with van der Waals surface area (Å²) in [6.45, 7) is 8.09. The Morgan fingerprint density at radius 1 is 1.21 bits per heavy atom. The fourth-order valence-corrected chi connectivity index (χ4v) is 2.73.